The van der Waals surface area contributed by atoms with Crippen molar-refractivity contribution in [1.29, 1.82) is 0 Å². The summed E-state index contributed by atoms with van der Waals surface area (Å²) in [7, 11) is 0. The number of rotatable bonds is 7. The number of hydrogen-bond acceptors (Lipinski definition) is 8. The monoisotopic (exact) mass is 512 g/mol. The maximum atomic E-state index is 13.7. The number of carbonyl (C=O) groups is 2. The van der Waals surface area contributed by atoms with Crippen molar-refractivity contribution in [3.8, 4) is 34.5 Å². The highest BCUT2D eigenvalue weighted by Crippen LogP contribution is 2.49. The maximum absolute atomic E-state index is 13.7. The third-order valence-electron chi connectivity index (χ3n) is 6.64. The molecule has 192 valence electrons. The zero-order valence-electron chi connectivity index (χ0n) is 20.0. The molecule has 0 aromatic heterocycles. The number of aromatic hydroxyl groups is 5. The minimum absolute atomic E-state index is 0.0245. The smallest absolute Gasteiger partial charge is 0.178 e. The van der Waals surface area contributed by atoms with E-state index >= 15 is 0 Å². The fraction of sp³-hybridized carbons (Fsp3) is 0.133. The van der Waals surface area contributed by atoms with E-state index in [4.69, 9.17) is 4.74 Å². The molecule has 8 heteroatoms. The Bertz CT molecular complexity index is 1540. The van der Waals surface area contributed by atoms with Gasteiger partial charge < -0.3 is 30.3 Å². The Morgan fingerprint density at radius 1 is 0.684 bits per heavy atom. The standard InChI is InChI=1S/C30H24O8/c31-18-5-3-17(4-6-18)30-28(29(37)22-10-8-20(33)15-26(22)36)23-13-16(2-12-27(23)38-30)1-11-24(34)21-9-7-19(32)14-25(21)35/h2-10,12-15,28,30-33,35-36H,1,11H2/t28-,30-/m1/s1. The molecule has 1 heterocycles. The summed E-state index contributed by atoms with van der Waals surface area (Å²) in [5.41, 5.74) is 2.12. The minimum Gasteiger partial charge on any atom is -0.508 e. The van der Waals surface area contributed by atoms with Gasteiger partial charge in [-0.3, -0.25) is 9.59 Å². The number of phenols is 5. The number of ketones is 2. The van der Waals surface area contributed by atoms with Crippen LogP contribution in [0, 0.1) is 0 Å². The molecule has 0 saturated carbocycles. The molecule has 0 amide bonds. The Hall–Kier alpha value is -4.98. The van der Waals surface area contributed by atoms with E-state index in [1.807, 2.05) is 0 Å². The highest BCUT2D eigenvalue weighted by atomic mass is 16.5. The third-order valence-corrected chi connectivity index (χ3v) is 6.64. The molecule has 0 saturated heterocycles. The zero-order chi connectivity index (χ0) is 27.0. The SMILES string of the molecule is O=C(CCc1ccc2c(c1)[C@H](C(=O)c1ccc(O)cc1O)[C@@H](c1ccc(O)cc1)O2)c1ccc(O)cc1O. The van der Waals surface area contributed by atoms with Crippen LogP contribution in [-0.2, 0) is 6.42 Å². The first-order valence-corrected chi connectivity index (χ1v) is 11.9. The van der Waals surface area contributed by atoms with Crippen LogP contribution in [0.25, 0.3) is 0 Å². The van der Waals surface area contributed by atoms with Crippen molar-refractivity contribution in [1.82, 2.24) is 0 Å². The van der Waals surface area contributed by atoms with Crippen LogP contribution in [-0.4, -0.2) is 37.1 Å². The van der Waals surface area contributed by atoms with Crippen molar-refractivity contribution in [2.24, 2.45) is 0 Å². The molecular formula is C30H24O8. The molecular weight excluding hydrogens is 488 g/mol. The molecule has 1 aliphatic heterocycles. The predicted octanol–water partition coefficient (Wildman–Crippen LogP) is 5.13. The summed E-state index contributed by atoms with van der Waals surface area (Å²) in [5.74, 6) is -2.00. The van der Waals surface area contributed by atoms with Crippen LogP contribution in [0.3, 0.4) is 0 Å². The van der Waals surface area contributed by atoms with E-state index in [1.54, 1.807) is 30.3 Å². The number of phenolic OH excluding ortho intramolecular Hbond substituents is 5. The van der Waals surface area contributed by atoms with Gasteiger partial charge in [-0.1, -0.05) is 24.3 Å². The normalized spacial score (nSPS) is 16.0. The molecule has 0 bridgehead atoms. The Morgan fingerprint density at radius 3 is 1.92 bits per heavy atom. The highest BCUT2D eigenvalue weighted by Gasteiger charge is 2.41. The third kappa shape index (κ3) is 4.71. The van der Waals surface area contributed by atoms with Crippen LogP contribution in [0.5, 0.6) is 34.5 Å². The van der Waals surface area contributed by atoms with Crippen LogP contribution in [0.2, 0.25) is 0 Å². The molecule has 8 nitrogen and oxygen atoms in total. The van der Waals surface area contributed by atoms with Gasteiger partial charge in [0.25, 0.3) is 0 Å². The fourth-order valence-electron chi connectivity index (χ4n) is 4.72. The van der Waals surface area contributed by atoms with Gasteiger partial charge in [-0.15, -0.1) is 0 Å². The molecule has 0 radical (unpaired) electrons. The topological polar surface area (TPSA) is 145 Å². The summed E-state index contributed by atoms with van der Waals surface area (Å²) in [4.78, 5) is 26.4. The van der Waals surface area contributed by atoms with E-state index in [0.717, 1.165) is 17.7 Å². The first kappa shape index (κ1) is 24.7. The number of benzene rings is 4. The molecule has 2 atom stereocenters. The molecule has 4 aromatic rings. The van der Waals surface area contributed by atoms with Crippen molar-refractivity contribution in [2.45, 2.75) is 24.9 Å². The highest BCUT2D eigenvalue weighted by molar-refractivity contribution is 6.04. The van der Waals surface area contributed by atoms with E-state index in [-0.39, 0.29) is 52.1 Å². The summed E-state index contributed by atoms with van der Waals surface area (Å²) in [6, 6.07) is 19.2. The van der Waals surface area contributed by atoms with Crippen LogP contribution >= 0.6 is 0 Å². The number of aryl methyl sites for hydroxylation is 1. The van der Waals surface area contributed by atoms with E-state index < -0.39 is 17.8 Å². The van der Waals surface area contributed by atoms with Gasteiger partial charge in [-0.2, -0.15) is 0 Å². The van der Waals surface area contributed by atoms with Crippen LogP contribution in [0.4, 0.5) is 0 Å². The van der Waals surface area contributed by atoms with Gasteiger partial charge in [0.1, 0.15) is 40.6 Å². The summed E-state index contributed by atoms with van der Waals surface area (Å²) >= 11 is 0. The van der Waals surface area contributed by atoms with Crippen molar-refractivity contribution < 1.29 is 39.9 Å². The molecule has 4 aromatic carbocycles. The summed E-state index contributed by atoms with van der Waals surface area (Å²) in [6.45, 7) is 0. The quantitative estimate of drug-likeness (QED) is 0.214. The molecule has 38 heavy (non-hydrogen) atoms. The lowest BCUT2D eigenvalue weighted by Crippen LogP contribution is -2.19. The number of hydrogen-bond donors (Lipinski definition) is 5. The largest absolute Gasteiger partial charge is 0.508 e. The Balaban J connectivity index is 1.47. The predicted molar refractivity (Wildman–Crippen MR) is 137 cm³/mol. The van der Waals surface area contributed by atoms with Crippen molar-refractivity contribution in [3.05, 3.63) is 107 Å². The van der Waals surface area contributed by atoms with Crippen molar-refractivity contribution >= 4 is 11.6 Å². The van der Waals surface area contributed by atoms with Gasteiger partial charge in [-0.25, -0.2) is 0 Å². The summed E-state index contributed by atoms with van der Waals surface area (Å²) < 4.78 is 6.17. The lowest BCUT2D eigenvalue weighted by Gasteiger charge is -2.19. The van der Waals surface area contributed by atoms with Gasteiger partial charge in [0.2, 0.25) is 0 Å². The molecule has 0 unspecified atom stereocenters. The second kappa shape index (κ2) is 9.82. The van der Waals surface area contributed by atoms with Crippen LogP contribution in [0.15, 0.2) is 78.9 Å². The van der Waals surface area contributed by atoms with Gasteiger partial charge in [-0.05, 0) is 60.0 Å². The average molecular weight is 513 g/mol. The average Bonchev–Trinajstić information content (AvgIpc) is 3.26. The Labute approximate surface area is 217 Å². The van der Waals surface area contributed by atoms with Gasteiger partial charge in [0, 0.05) is 24.1 Å². The van der Waals surface area contributed by atoms with Crippen molar-refractivity contribution in [3.63, 3.8) is 0 Å². The van der Waals surface area contributed by atoms with E-state index in [2.05, 4.69) is 0 Å². The molecule has 5 N–H and O–H groups in total. The number of ether oxygens (including phenoxy) is 1. The van der Waals surface area contributed by atoms with Crippen LogP contribution in [0.1, 0.15) is 55.8 Å². The Morgan fingerprint density at radius 2 is 1.29 bits per heavy atom. The Kier molecular flexibility index (Phi) is 6.38. The number of carbonyl (C=O) groups excluding carboxylic acids is 2. The van der Waals surface area contributed by atoms with Gasteiger partial charge >= 0.3 is 0 Å². The van der Waals surface area contributed by atoms with E-state index in [0.29, 0.717) is 23.3 Å². The second-order valence-corrected chi connectivity index (χ2v) is 9.17. The van der Waals surface area contributed by atoms with Crippen LogP contribution < -0.4 is 4.74 Å². The van der Waals surface area contributed by atoms with Crippen molar-refractivity contribution in [2.75, 3.05) is 0 Å². The molecule has 5 rings (SSSR count). The molecule has 0 fully saturated rings. The first-order valence-electron chi connectivity index (χ1n) is 11.9. The van der Waals surface area contributed by atoms with Gasteiger partial charge in [0.15, 0.2) is 11.6 Å². The number of fused-ring (bicyclic) bond motifs is 1. The minimum atomic E-state index is -0.846. The van der Waals surface area contributed by atoms with E-state index in [1.165, 1.54) is 36.4 Å². The molecule has 0 aliphatic carbocycles. The fourth-order valence-corrected chi connectivity index (χ4v) is 4.72. The second-order valence-electron chi connectivity index (χ2n) is 9.17. The number of Topliss-reactive ketones (excluding diaryl/α,β-unsaturated/α-hetero) is 2. The molecule has 1 aliphatic rings. The first-order chi connectivity index (χ1) is 18.2. The maximum Gasteiger partial charge on any atom is 0.178 e. The van der Waals surface area contributed by atoms with Gasteiger partial charge in [0.05, 0.1) is 17.0 Å². The molecule has 0 spiro atoms. The lowest BCUT2D eigenvalue weighted by molar-refractivity contribution is 0.0892. The lowest BCUT2D eigenvalue weighted by atomic mass is 9.83. The zero-order valence-corrected chi connectivity index (χ0v) is 20.0. The summed E-state index contributed by atoms with van der Waals surface area (Å²) in [5, 5.41) is 49.2. The van der Waals surface area contributed by atoms with E-state index in [9.17, 15) is 35.1 Å². The summed E-state index contributed by atoms with van der Waals surface area (Å²) in [6.07, 6.45) is -0.338.